The maximum Gasteiger partial charge on any atom is 0.326 e. The number of rotatable bonds is 10. The van der Waals surface area contributed by atoms with Crippen molar-refractivity contribution in [3.05, 3.63) is 53.7 Å². The molecule has 1 aromatic heterocycles. The summed E-state index contributed by atoms with van der Waals surface area (Å²) in [4.78, 5) is 27.4. The molecule has 164 valence electrons. The number of aromatic nitrogens is 1. The fraction of sp³-hybridized carbons (Fsp3) is 0.304. The Morgan fingerprint density at radius 2 is 1.74 bits per heavy atom. The summed E-state index contributed by atoms with van der Waals surface area (Å²) >= 11 is 0. The zero-order chi connectivity index (χ0) is 22.4. The fourth-order valence-electron chi connectivity index (χ4n) is 3.60. The summed E-state index contributed by atoms with van der Waals surface area (Å²) in [6.45, 7) is 0. The van der Waals surface area contributed by atoms with Crippen LogP contribution in [0.15, 0.2) is 42.6 Å². The van der Waals surface area contributed by atoms with Crippen molar-refractivity contribution in [2.24, 2.45) is 0 Å². The van der Waals surface area contributed by atoms with Crippen LogP contribution in [0.25, 0.3) is 10.9 Å². The molecular formula is C23H26N2O6. The van der Waals surface area contributed by atoms with Crippen LogP contribution in [0.1, 0.15) is 17.5 Å². The second kappa shape index (κ2) is 9.88. The Labute approximate surface area is 180 Å². The van der Waals surface area contributed by atoms with E-state index in [4.69, 9.17) is 14.2 Å². The number of amides is 1. The number of nitrogens with one attached hydrogen (secondary N) is 2. The van der Waals surface area contributed by atoms with Crippen molar-refractivity contribution < 1.29 is 28.9 Å². The number of aryl methyl sites for hydroxylation is 1. The lowest BCUT2D eigenvalue weighted by atomic mass is 10.0. The van der Waals surface area contributed by atoms with Crippen molar-refractivity contribution in [1.29, 1.82) is 0 Å². The molecule has 1 atom stereocenters. The van der Waals surface area contributed by atoms with E-state index in [9.17, 15) is 14.7 Å². The van der Waals surface area contributed by atoms with Crippen molar-refractivity contribution in [3.8, 4) is 17.2 Å². The number of carbonyl (C=O) groups is 2. The fourth-order valence-corrected chi connectivity index (χ4v) is 3.60. The lowest BCUT2D eigenvalue weighted by molar-refractivity contribution is -0.141. The van der Waals surface area contributed by atoms with Crippen molar-refractivity contribution >= 4 is 22.8 Å². The quantitative estimate of drug-likeness (QED) is 0.460. The number of methoxy groups -OCH3 is 3. The van der Waals surface area contributed by atoms with Crippen LogP contribution in [-0.2, 0) is 22.4 Å². The molecule has 0 spiro atoms. The van der Waals surface area contributed by atoms with Crippen LogP contribution in [-0.4, -0.2) is 49.3 Å². The van der Waals surface area contributed by atoms with Gasteiger partial charge in [-0.3, -0.25) is 4.79 Å². The molecule has 8 nitrogen and oxygen atoms in total. The van der Waals surface area contributed by atoms with Gasteiger partial charge < -0.3 is 29.6 Å². The molecule has 3 N–H and O–H groups in total. The molecule has 0 aliphatic rings. The first kappa shape index (κ1) is 22.0. The maximum absolute atomic E-state index is 12.5. The number of fused-ring (bicyclic) bond motifs is 1. The largest absolute Gasteiger partial charge is 0.493 e. The smallest absolute Gasteiger partial charge is 0.326 e. The van der Waals surface area contributed by atoms with E-state index in [2.05, 4.69) is 10.3 Å². The third-order valence-corrected chi connectivity index (χ3v) is 5.14. The number of carbonyl (C=O) groups excluding carboxylic acids is 1. The number of hydrogen-bond acceptors (Lipinski definition) is 5. The number of carboxylic acids is 1. The minimum atomic E-state index is -1.08. The van der Waals surface area contributed by atoms with Gasteiger partial charge in [-0.2, -0.15) is 0 Å². The number of para-hydroxylation sites is 1. The lowest BCUT2D eigenvalue weighted by Gasteiger charge is -2.17. The third-order valence-electron chi connectivity index (χ3n) is 5.14. The molecule has 0 saturated heterocycles. The number of carboxylic acid groups (broad SMARTS) is 1. The summed E-state index contributed by atoms with van der Waals surface area (Å²) in [6, 6.07) is 10.2. The van der Waals surface area contributed by atoms with Gasteiger partial charge in [0.05, 0.1) is 21.3 Å². The van der Waals surface area contributed by atoms with Gasteiger partial charge in [-0.1, -0.05) is 24.3 Å². The van der Waals surface area contributed by atoms with Crippen LogP contribution in [0, 0.1) is 0 Å². The molecule has 3 rings (SSSR count). The van der Waals surface area contributed by atoms with Crippen LogP contribution < -0.4 is 19.5 Å². The summed E-state index contributed by atoms with van der Waals surface area (Å²) in [7, 11) is 4.56. The molecule has 0 bridgehead atoms. The Kier molecular flexibility index (Phi) is 7.02. The molecule has 0 fully saturated rings. The number of aliphatic carboxylic acids is 1. The summed E-state index contributed by atoms with van der Waals surface area (Å²) in [5, 5.41) is 13.2. The Hall–Kier alpha value is -3.68. The molecule has 3 aromatic rings. The summed E-state index contributed by atoms with van der Waals surface area (Å²) in [5.41, 5.74) is 2.53. The zero-order valence-electron chi connectivity index (χ0n) is 17.7. The van der Waals surface area contributed by atoms with E-state index in [1.165, 1.54) is 21.3 Å². The predicted molar refractivity (Wildman–Crippen MR) is 116 cm³/mol. The first-order valence-electron chi connectivity index (χ1n) is 9.83. The maximum atomic E-state index is 12.5. The van der Waals surface area contributed by atoms with Gasteiger partial charge in [-0.15, -0.1) is 0 Å². The van der Waals surface area contributed by atoms with E-state index in [0.29, 0.717) is 23.7 Å². The van der Waals surface area contributed by atoms with Gasteiger partial charge in [0, 0.05) is 29.9 Å². The molecule has 8 heteroatoms. The highest BCUT2D eigenvalue weighted by molar-refractivity contribution is 5.86. The van der Waals surface area contributed by atoms with Gasteiger partial charge >= 0.3 is 5.97 Å². The van der Waals surface area contributed by atoms with Gasteiger partial charge in [0.2, 0.25) is 11.7 Å². The van der Waals surface area contributed by atoms with E-state index in [-0.39, 0.29) is 18.7 Å². The molecule has 0 unspecified atom stereocenters. The van der Waals surface area contributed by atoms with Gasteiger partial charge in [0.15, 0.2) is 11.5 Å². The van der Waals surface area contributed by atoms with E-state index in [1.54, 1.807) is 18.3 Å². The van der Waals surface area contributed by atoms with E-state index >= 15 is 0 Å². The average molecular weight is 426 g/mol. The highest BCUT2D eigenvalue weighted by Crippen LogP contribution is 2.40. The Bertz CT molecular complexity index is 1080. The van der Waals surface area contributed by atoms with Crippen molar-refractivity contribution in [2.75, 3.05) is 21.3 Å². The summed E-state index contributed by atoms with van der Waals surface area (Å²) in [6.07, 6.45) is 2.42. The minimum Gasteiger partial charge on any atom is -0.493 e. The third kappa shape index (κ3) is 4.91. The van der Waals surface area contributed by atoms with E-state index < -0.39 is 12.0 Å². The van der Waals surface area contributed by atoms with Gasteiger partial charge in [-0.05, 0) is 29.7 Å². The van der Waals surface area contributed by atoms with Crippen molar-refractivity contribution in [3.63, 3.8) is 0 Å². The lowest BCUT2D eigenvalue weighted by Crippen LogP contribution is -2.42. The highest BCUT2D eigenvalue weighted by atomic mass is 16.5. The number of ether oxygens (including phenoxy) is 3. The summed E-state index contributed by atoms with van der Waals surface area (Å²) < 4.78 is 16.1. The molecule has 0 radical (unpaired) electrons. The SMILES string of the molecule is COc1ccc(CCC(=O)N[C@H](Cc2c[nH]c3ccccc23)C(=O)O)c(OC)c1OC. The van der Waals surface area contributed by atoms with Crippen molar-refractivity contribution in [1.82, 2.24) is 10.3 Å². The minimum absolute atomic E-state index is 0.101. The van der Waals surface area contributed by atoms with Gasteiger partial charge in [-0.25, -0.2) is 4.79 Å². The molecule has 31 heavy (non-hydrogen) atoms. The first-order chi connectivity index (χ1) is 15.0. The topological polar surface area (TPSA) is 110 Å². The first-order valence-corrected chi connectivity index (χ1v) is 9.83. The molecular weight excluding hydrogens is 400 g/mol. The molecule has 0 aliphatic carbocycles. The molecule has 1 amide bonds. The average Bonchev–Trinajstić information content (AvgIpc) is 3.19. The van der Waals surface area contributed by atoms with Crippen LogP contribution in [0.2, 0.25) is 0 Å². The Morgan fingerprint density at radius 3 is 2.42 bits per heavy atom. The zero-order valence-corrected chi connectivity index (χ0v) is 17.7. The second-order valence-electron chi connectivity index (χ2n) is 7.02. The Morgan fingerprint density at radius 1 is 1.00 bits per heavy atom. The molecule has 2 aromatic carbocycles. The molecule has 0 saturated carbocycles. The number of H-pyrrole nitrogens is 1. The van der Waals surface area contributed by atoms with Gasteiger partial charge in [0.25, 0.3) is 0 Å². The van der Waals surface area contributed by atoms with E-state index in [0.717, 1.165) is 22.0 Å². The van der Waals surface area contributed by atoms with Crippen LogP contribution >= 0.6 is 0 Å². The van der Waals surface area contributed by atoms with Crippen molar-refractivity contribution in [2.45, 2.75) is 25.3 Å². The van der Waals surface area contributed by atoms with E-state index in [1.807, 2.05) is 24.3 Å². The normalized spacial score (nSPS) is 11.7. The molecule has 1 heterocycles. The number of benzene rings is 2. The van der Waals surface area contributed by atoms with Gasteiger partial charge in [0.1, 0.15) is 6.04 Å². The number of hydrogen-bond donors (Lipinski definition) is 3. The monoisotopic (exact) mass is 426 g/mol. The second-order valence-corrected chi connectivity index (χ2v) is 7.02. The van der Waals surface area contributed by atoms with Crippen LogP contribution in [0.3, 0.4) is 0 Å². The number of aromatic amines is 1. The Balaban J connectivity index is 1.68. The highest BCUT2D eigenvalue weighted by Gasteiger charge is 2.22. The van der Waals surface area contributed by atoms with Crippen LogP contribution in [0.4, 0.5) is 0 Å². The predicted octanol–water partition coefficient (Wildman–Crippen LogP) is 2.94. The standard InChI is InChI=1S/C23H26N2O6/c1-29-19-10-8-14(21(30-2)22(19)31-3)9-11-20(26)25-18(23(27)28)12-15-13-24-17-7-5-4-6-16(15)17/h4-8,10,13,18,24H,9,11-12H2,1-3H3,(H,25,26)(H,27,28)/t18-/m1/s1. The van der Waals surface area contributed by atoms with Crippen LogP contribution in [0.5, 0.6) is 17.2 Å². The summed E-state index contributed by atoms with van der Waals surface area (Å²) in [5.74, 6) is 0.0255. The molecule has 0 aliphatic heterocycles.